The van der Waals surface area contributed by atoms with E-state index < -0.39 is 0 Å². The lowest BCUT2D eigenvalue weighted by molar-refractivity contribution is 0.0376. The summed E-state index contributed by atoms with van der Waals surface area (Å²) in [6.45, 7) is 2.53. The quantitative estimate of drug-likeness (QED) is 0.444. The molecule has 1 amide bonds. The van der Waals surface area contributed by atoms with Crippen LogP contribution in [0.5, 0.6) is 5.88 Å². The smallest absolute Gasteiger partial charge is 0.256 e. The van der Waals surface area contributed by atoms with Crippen molar-refractivity contribution >= 4 is 27.4 Å². The summed E-state index contributed by atoms with van der Waals surface area (Å²) in [5.74, 6) is 0.436. The van der Waals surface area contributed by atoms with Crippen molar-refractivity contribution in [3.63, 3.8) is 0 Å². The second-order valence-electron chi connectivity index (χ2n) is 7.48. The van der Waals surface area contributed by atoms with Gasteiger partial charge in [0, 0.05) is 18.4 Å². The number of hydrogen-bond donors (Lipinski definition) is 0. The Bertz CT molecular complexity index is 1220. The van der Waals surface area contributed by atoms with E-state index in [4.69, 9.17) is 4.74 Å². The van der Waals surface area contributed by atoms with Crippen LogP contribution >= 0.6 is 15.9 Å². The maximum atomic E-state index is 13.5. The van der Waals surface area contributed by atoms with Crippen LogP contribution in [-0.4, -0.2) is 59.1 Å². The van der Waals surface area contributed by atoms with E-state index >= 15 is 0 Å². The van der Waals surface area contributed by atoms with E-state index in [2.05, 4.69) is 43.1 Å². The number of carbonyl (C=O) groups excluding carboxylic acids is 1. The van der Waals surface area contributed by atoms with Crippen molar-refractivity contribution in [2.24, 2.45) is 0 Å². The predicted molar refractivity (Wildman–Crippen MR) is 116 cm³/mol. The minimum Gasteiger partial charge on any atom is -0.471 e. The Kier molecular flexibility index (Phi) is 5.14. The molecule has 4 heterocycles. The fraction of sp³-hybridized carbons (Fsp3) is 0.286. The van der Waals surface area contributed by atoms with Gasteiger partial charge in [0.05, 0.1) is 40.9 Å². The molecule has 2 atom stereocenters. The number of fused-ring (bicyclic) bond motifs is 1. The Hall–Kier alpha value is -3.27. The SMILES string of the molecule is C[C@@H]1CC[C@@H](Oc2nccn3ncc(Br)c23)CN1C(=O)c1ccccc1-n1nccn1. The third-order valence-electron chi connectivity index (χ3n) is 5.50. The van der Waals surface area contributed by atoms with Gasteiger partial charge in [0.2, 0.25) is 5.88 Å². The number of amides is 1. The van der Waals surface area contributed by atoms with Crippen LogP contribution in [0, 0.1) is 0 Å². The molecule has 31 heavy (non-hydrogen) atoms. The van der Waals surface area contributed by atoms with Crippen LogP contribution in [0.4, 0.5) is 0 Å². The molecule has 0 bridgehead atoms. The monoisotopic (exact) mass is 481 g/mol. The number of hydrogen-bond acceptors (Lipinski definition) is 6. The molecule has 4 aromatic rings. The molecule has 1 aromatic carbocycles. The van der Waals surface area contributed by atoms with Crippen molar-refractivity contribution in [2.75, 3.05) is 6.54 Å². The van der Waals surface area contributed by atoms with Gasteiger partial charge in [-0.2, -0.15) is 20.1 Å². The van der Waals surface area contributed by atoms with E-state index in [9.17, 15) is 4.79 Å². The summed E-state index contributed by atoms with van der Waals surface area (Å²) in [5.41, 5.74) is 1.99. The molecule has 5 rings (SSSR count). The number of piperidine rings is 1. The molecule has 0 N–H and O–H groups in total. The fourth-order valence-corrected chi connectivity index (χ4v) is 4.34. The molecule has 158 valence electrons. The van der Waals surface area contributed by atoms with Crippen molar-refractivity contribution in [3.05, 3.63) is 65.3 Å². The van der Waals surface area contributed by atoms with E-state index in [-0.39, 0.29) is 18.1 Å². The highest BCUT2D eigenvalue weighted by Gasteiger charge is 2.32. The lowest BCUT2D eigenvalue weighted by Crippen LogP contribution is -2.49. The van der Waals surface area contributed by atoms with Crippen LogP contribution in [0.3, 0.4) is 0 Å². The van der Waals surface area contributed by atoms with Gasteiger partial charge in [-0.3, -0.25) is 4.79 Å². The minimum absolute atomic E-state index is 0.0644. The number of rotatable bonds is 4. The van der Waals surface area contributed by atoms with Crippen LogP contribution < -0.4 is 4.74 Å². The van der Waals surface area contributed by atoms with Crippen molar-refractivity contribution in [1.82, 2.24) is 34.5 Å². The third kappa shape index (κ3) is 3.67. The average Bonchev–Trinajstić information content (AvgIpc) is 3.45. The number of ether oxygens (including phenoxy) is 1. The first kappa shape index (κ1) is 19.7. The highest BCUT2D eigenvalue weighted by Crippen LogP contribution is 2.29. The predicted octanol–water partition coefficient (Wildman–Crippen LogP) is 3.14. The number of likely N-dealkylation sites (tertiary alicyclic amines) is 1. The number of halogens is 1. The van der Waals surface area contributed by atoms with E-state index in [0.717, 1.165) is 22.8 Å². The molecule has 1 aliphatic rings. The first-order valence-corrected chi connectivity index (χ1v) is 10.8. The largest absolute Gasteiger partial charge is 0.471 e. The van der Waals surface area contributed by atoms with Crippen molar-refractivity contribution < 1.29 is 9.53 Å². The summed E-state index contributed by atoms with van der Waals surface area (Å²) in [6.07, 6.45) is 9.83. The van der Waals surface area contributed by atoms with E-state index in [0.29, 0.717) is 23.7 Å². The Labute approximate surface area is 186 Å². The first-order chi connectivity index (χ1) is 15.1. The topological polar surface area (TPSA) is 90.4 Å². The van der Waals surface area contributed by atoms with Crippen molar-refractivity contribution in [2.45, 2.75) is 31.9 Å². The maximum Gasteiger partial charge on any atom is 0.256 e. The van der Waals surface area contributed by atoms with Gasteiger partial charge in [0.25, 0.3) is 5.91 Å². The molecule has 1 saturated heterocycles. The molecule has 0 unspecified atom stereocenters. The minimum atomic E-state index is -0.171. The van der Waals surface area contributed by atoms with Crippen LogP contribution in [0.25, 0.3) is 11.2 Å². The summed E-state index contributed by atoms with van der Waals surface area (Å²) in [7, 11) is 0. The summed E-state index contributed by atoms with van der Waals surface area (Å²) in [5, 5.41) is 12.6. The molecule has 0 spiro atoms. The average molecular weight is 482 g/mol. The van der Waals surface area contributed by atoms with E-state index in [1.807, 2.05) is 29.2 Å². The van der Waals surface area contributed by atoms with E-state index in [1.54, 1.807) is 35.5 Å². The highest BCUT2D eigenvalue weighted by molar-refractivity contribution is 9.10. The van der Waals surface area contributed by atoms with Gasteiger partial charge >= 0.3 is 0 Å². The summed E-state index contributed by atoms with van der Waals surface area (Å²) >= 11 is 3.50. The summed E-state index contributed by atoms with van der Waals surface area (Å²) in [4.78, 5) is 21.2. The second kappa shape index (κ2) is 8.10. The van der Waals surface area contributed by atoms with Crippen molar-refractivity contribution in [1.29, 1.82) is 0 Å². The number of aromatic nitrogens is 6. The molecule has 1 fully saturated rings. The number of para-hydroxylation sites is 1. The summed E-state index contributed by atoms with van der Waals surface area (Å²) < 4.78 is 8.78. The van der Waals surface area contributed by atoms with Gasteiger partial charge in [0.1, 0.15) is 11.6 Å². The zero-order valence-electron chi connectivity index (χ0n) is 16.8. The number of carbonyl (C=O) groups is 1. The van der Waals surface area contributed by atoms with Gasteiger partial charge in [-0.15, -0.1) is 0 Å². The molecule has 1 aliphatic heterocycles. The molecule has 0 aliphatic carbocycles. The maximum absolute atomic E-state index is 13.5. The first-order valence-electron chi connectivity index (χ1n) is 10.0. The second-order valence-corrected chi connectivity index (χ2v) is 8.33. The van der Waals surface area contributed by atoms with Gasteiger partial charge in [-0.25, -0.2) is 9.50 Å². The van der Waals surface area contributed by atoms with Gasteiger partial charge in [0.15, 0.2) is 0 Å². The lowest BCUT2D eigenvalue weighted by atomic mass is 9.99. The zero-order valence-corrected chi connectivity index (χ0v) is 18.4. The number of benzene rings is 1. The van der Waals surface area contributed by atoms with Gasteiger partial charge in [-0.1, -0.05) is 12.1 Å². The van der Waals surface area contributed by atoms with Crippen LogP contribution in [0.15, 0.2) is 59.7 Å². The Morgan fingerprint density at radius 3 is 2.77 bits per heavy atom. The van der Waals surface area contributed by atoms with Crippen LogP contribution in [0.1, 0.15) is 30.1 Å². The molecular weight excluding hydrogens is 462 g/mol. The molecule has 9 nitrogen and oxygen atoms in total. The molecule has 3 aromatic heterocycles. The Morgan fingerprint density at radius 2 is 1.94 bits per heavy atom. The zero-order chi connectivity index (χ0) is 21.4. The van der Waals surface area contributed by atoms with Gasteiger partial charge < -0.3 is 9.64 Å². The number of nitrogens with zero attached hydrogens (tertiary/aromatic N) is 7. The van der Waals surface area contributed by atoms with Gasteiger partial charge in [-0.05, 0) is 47.8 Å². The fourth-order valence-electron chi connectivity index (χ4n) is 3.90. The molecule has 0 radical (unpaired) electrons. The highest BCUT2D eigenvalue weighted by atomic mass is 79.9. The van der Waals surface area contributed by atoms with Crippen molar-refractivity contribution in [3.8, 4) is 11.6 Å². The van der Waals surface area contributed by atoms with Crippen LogP contribution in [0.2, 0.25) is 0 Å². The normalized spacial score (nSPS) is 19.0. The van der Waals surface area contributed by atoms with Crippen LogP contribution in [-0.2, 0) is 0 Å². The summed E-state index contributed by atoms with van der Waals surface area (Å²) in [6, 6.07) is 7.47. The third-order valence-corrected chi connectivity index (χ3v) is 6.08. The Morgan fingerprint density at radius 1 is 1.13 bits per heavy atom. The molecule has 0 saturated carbocycles. The molecule has 10 heteroatoms. The Balaban J connectivity index is 1.40. The molecular formula is C21H20BrN7O2. The standard InChI is InChI=1S/C21H20BrN7O2/c1-14-6-7-15(31-20-19-17(22)12-26-28(19)11-10-23-20)13-27(14)21(30)16-4-2-3-5-18(16)29-24-8-9-25-29/h2-5,8-12,14-15H,6-7,13H2,1H3/t14-,15-/m1/s1. The lowest BCUT2D eigenvalue weighted by Gasteiger charge is -2.38. The van der Waals surface area contributed by atoms with E-state index in [1.165, 1.54) is 4.80 Å².